The number of aryl methyl sites for hydroxylation is 1. The molecule has 0 unspecified atom stereocenters. The van der Waals surface area contributed by atoms with Crippen molar-refractivity contribution >= 4 is 11.6 Å². The minimum atomic E-state index is 0.240. The number of carbonyl (C=O) groups excluding carboxylic acids is 1. The number of rotatable bonds is 7. The summed E-state index contributed by atoms with van der Waals surface area (Å²) in [4.78, 5) is 25.1. The SMILES string of the molecule is CCCc1cccc(Cn2cc(N3CCN(C(=O)C4CCC(N5CCCC5)CC4)CC3)cn2)n1. The van der Waals surface area contributed by atoms with Gasteiger partial charge >= 0.3 is 0 Å². The first-order valence-corrected chi connectivity index (χ1v) is 13.4. The summed E-state index contributed by atoms with van der Waals surface area (Å²) in [5.41, 5.74) is 3.34. The molecule has 0 atom stereocenters. The molecule has 1 aliphatic carbocycles. The molecule has 1 saturated carbocycles. The standard InChI is InChI=1S/C27H40N6O/c1-2-6-23-7-5-8-24(29-23)20-33-21-26(19-28-33)31-15-17-32(18-16-31)27(34)22-9-11-25(12-10-22)30-13-3-4-14-30/h5,7-8,19,21-22,25H,2-4,6,9-18,20H2,1H3. The molecule has 2 aromatic heterocycles. The molecule has 7 heteroatoms. The molecular weight excluding hydrogens is 424 g/mol. The number of hydrogen-bond donors (Lipinski definition) is 0. The summed E-state index contributed by atoms with van der Waals surface area (Å²) in [6.45, 7) is 8.80. The number of piperazine rings is 1. The van der Waals surface area contributed by atoms with Crippen molar-refractivity contribution in [1.82, 2.24) is 24.6 Å². The molecule has 34 heavy (non-hydrogen) atoms. The number of amides is 1. The molecule has 184 valence electrons. The third kappa shape index (κ3) is 5.45. The van der Waals surface area contributed by atoms with E-state index in [9.17, 15) is 4.79 Å². The Morgan fingerprint density at radius 1 is 0.971 bits per heavy atom. The second-order valence-electron chi connectivity index (χ2n) is 10.3. The zero-order chi connectivity index (χ0) is 23.3. The summed E-state index contributed by atoms with van der Waals surface area (Å²) in [5, 5.41) is 4.58. The molecule has 7 nitrogen and oxygen atoms in total. The van der Waals surface area contributed by atoms with Crippen LogP contribution in [0.5, 0.6) is 0 Å². The molecule has 0 bridgehead atoms. The average molecular weight is 465 g/mol. The van der Waals surface area contributed by atoms with Crippen molar-refractivity contribution in [1.29, 1.82) is 0 Å². The third-order valence-electron chi connectivity index (χ3n) is 7.97. The summed E-state index contributed by atoms with van der Waals surface area (Å²) >= 11 is 0. The van der Waals surface area contributed by atoms with Gasteiger partial charge in [0.25, 0.3) is 0 Å². The van der Waals surface area contributed by atoms with Crippen LogP contribution in [0.2, 0.25) is 0 Å². The van der Waals surface area contributed by atoms with E-state index in [2.05, 4.69) is 51.1 Å². The second-order valence-corrected chi connectivity index (χ2v) is 10.3. The molecule has 5 rings (SSSR count). The third-order valence-corrected chi connectivity index (χ3v) is 7.97. The first kappa shape index (κ1) is 23.3. The molecule has 0 N–H and O–H groups in total. The maximum absolute atomic E-state index is 13.2. The zero-order valence-electron chi connectivity index (χ0n) is 20.7. The number of carbonyl (C=O) groups is 1. The van der Waals surface area contributed by atoms with Gasteiger partial charge in [0.2, 0.25) is 5.91 Å². The number of nitrogens with zero attached hydrogens (tertiary/aromatic N) is 6. The van der Waals surface area contributed by atoms with Crippen LogP contribution in [0, 0.1) is 5.92 Å². The fraction of sp³-hybridized carbons (Fsp3) is 0.667. The minimum absolute atomic E-state index is 0.240. The zero-order valence-corrected chi connectivity index (χ0v) is 20.7. The topological polar surface area (TPSA) is 57.5 Å². The van der Waals surface area contributed by atoms with Gasteiger partial charge in [-0.2, -0.15) is 5.10 Å². The Morgan fingerprint density at radius 3 is 2.44 bits per heavy atom. The van der Waals surface area contributed by atoms with E-state index >= 15 is 0 Å². The highest BCUT2D eigenvalue weighted by Crippen LogP contribution is 2.31. The largest absolute Gasteiger partial charge is 0.365 e. The molecule has 0 spiro atoms. The molecule has 0 aromatic carbocycles. The molecular formula is C27H40N6O. The van der Waals surface area contributed by atoms with Crippen LogP contribution < -0.4 is 4.90 Å². The Kier molecular flexibility index (Phi) is 7.48. The lowest BCUT2D eigenvalue weighted by molar-refractivity contribution is -0.137. The van der Waals surface area contributed by atoms with Crippen molar-refractivity contribution in [2.45, 2.75) is 70.9 Å². The minimum Gasteiger partial charge on any atom is -0.365 e. The van der Waals surface area contributed by atoms with Crippen LogP contribution in [0.3, 0.4) is 0 Å². The van der Waals surface area contributed by atoms with Crippen LogP contribution in [0.4, 0.5) is 5.69 Å². The van der Waals surface area contributed by atoms with Crippen molar-refractivity contribution in [2.24, 2.45) is 5.92 Å². The number of hydrogen-bond acceptors (Lipinski definition) is 5. The van der Waals surface area contributed by atoms with E-state index in [4.69, 9.17) is 4.98 Å². The van der Waals surface area contributed by atoms with Gasteiger partial charge in [0.05, 0.1) is 24.1 Å². The number of aromatic nitrogens is 3. The van der Waals surface area contributed by atoms with Gasteiger partial charge in [0.1, 0.15) is 0 Å². The Balaban J connectivity index is 1.09. The van der Waals surface area contributed by atoms with E-state index in [-0.39, 0.29) is 5.92 Å². The van der Waals surface area contributed by atoms with Gasteiger partial charge < -0.3 is 14.7 Å². The normalized spacial score (nSPS) is 24.0. The van der Waals surface area contributed by atoms with Gasteiger partial charge in [-0.25, -0.2) is 0 Å². The van der Waals surface area contributed by atoms with Crippen LogP contribution in [0.15, 0.2) is 30.6 Å². The maximum Gasteiger partial charge on any atom is 0.225 e. The first-order valence-electron chi connectivity index (χ1n) is 13.4. The van der Waals surface area contributed by atoms with Gasteiger partial charge in [-0.15, -0.1) is 0 Å². The van der Waals surface area contributed by atoms with Gasteiger partial charge in [-0.1, -0.05) is 19.4 Å². The quantitative estimate of drug-likeness (QED) is 0.627. The highest BCUT2D eigenvalue weighted by molar-refractivity contribution is 5.79. The first-order chi connectivity index (χ1) is 16.7. The Hall–Kier alpha value is -2.41. The molecule has 3 fully saturated rings. The van der Waals surface area contributed by atoms with E-state index in [0.717, 1.165) is 75.0 Å². The van der Waals surface area contributed by atoms with Crippen molar-refractivity contribution < 1.29 is 4.79 Å². The van der Waals surface area contributed by atoms with Crippen molar-refractivity contribution in [3.63, 3.8) is 0 Å². The smallest absolute Gasteiger partial charge is 0.225 e. The van der Waals surface area contributed by atoms with Gasteiger partial charge in [0.15, 0.2) is 0 Å². The van der Waals surface area contributed by atoms with E-state index in [1.807, 2.05) is 10.9 Å². The Labute approximate surface area is 204 Å². The Morgan fingerprint density at radius 2 is 1.71 bits per heavy atom. The lowest BCUT2D eigenvalue weighted by Crippen LogP contribution is -2.51. The second kappa shape index (κ2) is 10.9. The number of pyridine rings is 1. The number of anilines is 1. The molecule has 3 aliphatic rings. The summed E-state index contributed by atoms with van der Waals surface area (Å²) in [6.07, 6.45) is 13.4. The fourth-order valence-corrected chi connectivity index (χ4v) is 6.02. The molecule has 2 saturated heterocycles. The summed E-state index contributed by atoms with van der Waals surface area (Å²) in [7, 11) is 0. The van der Waals surface area contributed by atoms with Crippen LogP contribution >= 0.6 is 0 Å². The van der Waals surface area contributed by atoms with Crippen LogP contribution in [0.25, 0.3) is 0 Å². The fourth-order valence-electron chi connectivity index (χ4n) is 6.02. The van der Waals surface area contributed by atoms with Gasteiger partial charge in [-0.05, 0) is 70.2 Å². The highest BCUT2D eigenvalue weighted by Gasteiger charge is 2.33. The summed E-state index contributed by atoms with van der Waals surface area (Å²) in [6, 6.07) is 6.99. The average Bonchev–Trinajstić information content (AvgIpc) is 3.57. The van der Waals surface area contributed by atoms with Crippen molar-refractivity contribution in [3.8, 4) is 0 Å². The van der Waals surface area contributed by atoms with Gasteiger partial charge in [-0.3, -0.25) is 14.5 Å². The monoisotopic (exact) mass is 464 g/mol. The summed E-state index contributed by atoms with van der Waals surface area (Å²) in [5.74, 6) is 0.636. The molecule has 4 heterocycles. The van der Waals surface area contributed by atoms with Gasteiger partial charge in [0, 0.05) is 50.0 Å². The lowest BCUT2D eigenvalue weighted by Gasteiger charge is -2.39. The lowest BCUT2D eigenvalue weighted by atomic mass is 9.84. The maximum atomic E-state index is 13.2. The number of likely N-dealkylation sites (tertiary alicyclic amines) is 1. The molecule has 1 amide bonds. The summed E-state index contributed by atoms with van der Waals surface area (Å²) < 4.78 is 1.98. The highest BCUT2D eigenvalue weighted by atomic mass is 16.2. The Bertz CT molecular complexity index is 936. The van der Waals surface area contributed by atoms with Crippen LogP contribution in [-0.2, 0) is 17.8 Å². The van der Waals surface area contributed by atoms with Crippen LogP contribution in [-0.4, -0.2) is 75.8 Å². The van der Waals surface area contributed by atoms with E-state index in [1.54, 1.807) is 0 Å². The molecule has 2 aromatic rings. The molecule has 0 radical (unpaired) electrons. The van der Waals surface area contributed by atoms with Crippen LogP contribution in [0.1, 0.15) is 63.3 Å². The van der Waals surface area contributed by atoms with E-state index in [0.29, 0.717) is 12.5 Å². The van der Waals surface area contributed by atoms with E-state index in [1.165, 1.54) is 38.8 Å². The predicted octanol–water partition coefficient (Wildman–Crippen LogP) is 3.58. The van der Waals surface area contributed by atoms with E-state index < -0.39 is 0 Å². The predicted molar refractivity (Wildman–Crippen MR) is 135 cm³/mol. The molecule has 2 aliphatic heterocycles. The van der Waals surface area contributed by atoms with Crippen molar-refractivity contribution in [3.05, 3.63) is 42.0 Å². The van der Waals surface area contributed by atoms with Crippen molar-refractivity contribution in [2.75, 3.05) is 44.2 Å².